The minimum Gasteiger partial charge on any atom is -0.465 e. The summed E-state index contributed by atoms with van der Waals surface area (Å²) in [5, 5.41) is 8.99. The van der Waals surface area contributed by atoms with Crippen LogP contribution in [0.25, 0.3) is 0 Å². The number of esters is 1. The quantitative estimate of drug-likeness (QED) is 0.441. The van der Waals surface area contributed by atoms with Crippen LogP contribution in [-0.2, 0) is 19.1 Å². The highest BCUT2D eigenvalue weighted by atomic mass is 16.5. The van der Waals surface area contributed by atoms with E-state index in [-0.39, 0.29) is 11.3 Å². The van der Waals surface area contributed by atoms with Crippen LogP contribution in [0.3, 0.4) is 0 Å². The largest absolute Gasteiger partial charge is 0.465 e. The molecule has 0 saturated carbocycles. The second-order valence-electron chi connectivity index (χ2n) is 9.07. The molecular weight excluding hydrogens is 472 g/mol. The summed E-state index contributed by atoms with van der Waals surface area (Å²) in [4.78, 5) is 55.1. The molecule has 0 spiro atoms. The Kier molecular flexibility index (Phi) is 5.33. The van der Waals surface area contributed by atoms with Crippen LogP contribution in [0.2, 0.25) is 0 Å². The molecule has 3 aromatic carbocycles. The SMILES string of the molecule is COC(=O)c1ccccc1N1C(=O)[C@@H]2[C@H](C1=O)[C@@H]1c3ccccc3C=NN1[C@@H]2C(=O)Nc1ccccc1. The van der Waals surface area contributed by atoms with Crippen LogP contribution >= 0.6 is 0 Å². The van der Waals surface area contributed by atoms with Crippen molar-refractivity contribution in [2.45, 2.75) is 12.1 Å². The lowest BCUT2D eigenvalue weighted by molar-refractivity contribution is -0.129. The number of nitrogens with zero attached hydrogens (tertiary/aromatic N) is 3. The smallest absolute Gasteiger partial charge is 0.339 e. The van der Waals surface area contributed by atoms with Gasteiger partial charge in [0.25, 0.3) is 0 Å². The van der Waals surface area contributed by atoms with Gasteiger partial charge in [-0.05, 0) is 35.4 Å². The van der Waals surface area contributed by atoms with Crippen molar-refractivity contribution in [2.75, 3.05) is 17.3 Å². The maximum atomic E-state index is 14.0. The van der Waals surface area contributed by atoms with Crippen LogP contribution < -0.4 is 10.2 Å². The standard InChI is InChI=1S/C28H22N4O5/c1-37-28(36)19-13-7-8-14-20(19)31-26(34)21-22(27(31)35)24(25(33)30-17-10-3-2-4-11-17)32-23(21)18-12-6-5-9-16(18)15-29-32/h2-15,21-24H,1H3,(H,30,33)/t21-,22+,23-,24-/m0/s1. The van der Waals surface area contributed by atoms with Gasteiger partial charge in [-0.2, -0.15) is 5.10 Å². The minimum atomic E-state index is -1.04. The van der Waals surface area contributed by atoms with Crippen molar-refractivity contribution < 1.29 is 23.9 Å². The molecule has 0 aliphatic carbocycles. The lowest BCUT2D eigenvalue weighted by Crippen LogP contribution is -2.46. The molecule has 0 unspecified atom stereocenters. The van der Waals surface area contributed by atoms with Gasteiger partial charge >= 0.3 is 5.97 Å². The van der Waals surface area contributed by atoms with E-state index in [1.165, 1.54) is 19.2 Å². The molecule has 3 aliphatic heterocycles. The third kappa shape index (κ3) is 3.42. The fourth-order valence-electron chi connectivity index (χ4n) is 5.59. The number of fused-ring (bicyclic) bond motifs is 5. The molecule has 2 saturated heterocycles. The summed E-state index contributed by atoms with van der Waals surface area (Å²) in [7, 11) is 1.24. The molecule has 9 heteroatoms. The summed E-state index contributed by atoms with van der Waals surface area (Å²) in [6, 6.07) is 21.1. The normalized spacial score (nSPS) is 23.4. The van der Waals surface area contributed by atoms with Crippen molar-refractivity contribution in [3.63, 3.8) is 0 Å². The Balaban J connectivity index is 1.46. The summed E-state index contributed by atoms with van der Waals surface area (Å²) in [5.41, 5.74) is 2.43. The maximum absolute atomic E-state index is 14.0. The second-order valence-corrected chi connectivity index (χ2v) is 9.07. The first kappa shape index (κ1) is 22.7. The van der Waals surface area contributed by atoms with Crippen molar-refractivity contribution >= 4 is 41.3 Å². The van der Waals surface area contributed by atoms with E-state index < -0.39 is 47.6 Å². The van der Waals surface area contributed by atoms with Gasteiger partial charge in [0.1, 0.15) is 6.04 Å². The first-order chi connectivity index (χ1) is 18.0. The zero-order chi connectivity index (χ0) is 25.7. The number of nitrogens with one attached hydrogen (secondary N) is 1. The monoisotopic (exact) mass is 494 g/mol. The zero-order valence-corrected chi connectivity index (χ0v) is 19.8. The van der Waals surface area contributed by atoms with Crippen molar-refractivity contribution in [3.8, 4) is 0 Å². The van der Waals surface area contributed by atoms with Gasteiger partial charge in [-0.3, -0.25) is 19.4 Å². The molecule has 9 nitrogen and oxygen atoms in total. The summed E-state index contributed by atoms with van der Waals surface area (Å²) < 4.78 is 4.88. The number of amides is 3. The van der Waals surface area contributed by atoms with Gasteiger partial charge in [0.05, 0.1) is 42.5 Å². The number of imide groups is 1. The number of hydrogen-bond acceptors (Lipinski definition) is 7. The number of hydrogen-bond donors (Lipinski definition) is 1. The van der Waals surface area contributed by atoms with Crippen LogP contribution in [0, 0.1) is 11.8 Å². The molecule has 3 aromatic rings. The molecule has 3 amide bonds. The predicted molar refractivity (Wildman–Crippen MR) is 135 cm³/mol. The summed E-state index contributed by atoms with van der Waals surface area (Å²) in [6.07, 6.45) is 1.65. The van der Waals surface area contributed by atoms with Gasteiger partial charge in [0.15, 0.2) is 0 Å². The number of hydrazone groups is 1. The van der Waals surface area contributed by atoms with Crippen LogP contribution in [-0.4, -0.2) is 48.1 Å². The van der Waals surface area contributed by atoms with E-state index in [0.29, 0.717) is 5.69 Å². The van der Waals surface area contributed by atoms with E-state index in [1.54, 1.807) is 47.6 Å². The fourth-order valence-corrected chi connectivity index (χ4v) is 5.59. The number of benzene rings is 3. The number of carbonyl (C=O) groups is 4. The van der Waals surface area contributed by atoms with Crippen molar-refractivity contribution in [1.82, 2.24) is 5.01 Å². The summed E-state index contributed by atoms with van der Waals surface area (Å²) in [6.45, 7) is 0. The van der Waals surface area contributed by atoms with Gasteiger partial charge in [-0.15, -0.1) is 0 Å². The van der Waals surface area contributed by atoms with Crippen molar-refractivity contribution in [2.24, 2.45) is 16.9 Å². The van der Waals surface area contributed by atoms with Crippen molar-refractivity contribution in [3.05, 3.63) is 95.6 Å². The van der Waals surface area contributed by atoms with E-state index in [9.17, 15) is 19.2 Å². The highest BCUT2D eigenvalue weighted by molar-refractivity contribution is 6.26. The van der Waals surface area contributed by atoms with Crippen molar-refractivity contribution in [1.29, 1.82) is 0 Å². The van der Waals surface area contributed by atoms with E-state index in [1.807, 2.05) is 30.3 Å². The summed E-state index contributed by atoms with van der Waals surface area (Å²) >= 11 is 0. The van der Waals surface area contributed by atoms with Gasteiger partial charge in [0, 0.05) is 5.69 Å². The molecule has 1 N–H and O–H groups in total. The van der Waals surface area contributed by atoms with E-state index >= 15 is 0 Å². The minimum absolute atomic E-state index is 0.0934. The van der Waals surface area contributed by atoms with Gasteiger partial charge in [-0.1, -0.05) is 54.6 Å². The Hall–Kier alpha value is -4.79. The average molecular weight is 495 g/mol. The van der Waals surface area contributed by atoms with Gasteiger partial charge in [-0.25, -0.2) is 9.69 Å². The van der Waals surface area contributed by atoms with Gasteiger partial charge < -0.3 is 10.1 Å². The second kappa shape index (κ2) is 8.70. The first-order valence-corrected chi connectivity index (χ1v) is 11.8. The number of rotatable bonds is 4. The van der Waals surface area contributed by atoms with E-state index in [2.05, 4.69) is 10.4 Å². The Morgan fingerprint density at radius 3 is 2.32 bits per heavy atom. The topological polar surface area (TPSA) is 108 Å². The van der Waals surface area contributed by atoms with E-state index in [4.69, 9.17) is 4.74 Å². The van der Waals surface area contributed by atoms with Crippen LogP contribution in [0.5, 0.6) is 0 Å². The number of anilines is 2. The Morgan fingerprint density at radius 1 is 0.865 bits per heavy atom. The molecule has 6 rings (SSSR count). The molecule has 184 valence electrons. The number of para-hydroxylation sites is 2. The Morgan fingerprint density at radius 2 is 1.54 bits per heavy atom. The highest BCUT2D eigenvalue weighted by Crippen LogP contribution is 2.53. The van der Waals surface area contributed by atoms with E-state index in [0.717, 1.165) is 16.0 Å². The molecule has 0 radical (unpaired) electrons. The number of methoxy groups -OCH3 is 1. The average Bonchev–Trinajstić information content (AvgIpc) is 3.41. The lowest BCUT2D eigenvalue weighted by atomic mass is 9.85. The lowest BCUT2D eigenvalue weighted by Gasteiger charge is -2.33. The molecule has 2 fully saturated rings. The summed E-state index contributed by atoms with van der Waals surface area (Å²) in [5.74, 6) is -4.02. The van der Waals surface area contributed by atoms with Gasteiger partial charge in [0.2, 0.25) is 17.7 Å². The third-order valence-electron chi connectivity index (χ3n) is 7.15. The molecule has 0 bridgehead atoms. The molecule has 37 heavy (non-hydrogen) atoms. The molecule has 0 aromatic heterocycles. The Labute approximate surface area is 212 Å². The third-order valence-corrected chi connectivity index (χ3v) is 7.15. The highest BCUT2D eigenvalue weighted by Gasteiger charge is 2.65. The number of carbonyl (C=O) groups excluding carboxylic acids is 4. The molecule has 3 heterocycles. The zero-order valence-electron chi connectivity index (χ0n) is 19.8. The Bertz CT molecular complexity index is 1470. The number of ether oxygens (including phenoxy) is 1. The first-order valence-electron chi connectivity index (χ1n) is 11.8. The van der Waals surface area contributed by atoms with Crippen LogP contribution in [0.1, 0.15) is 27.5 Å². The van der Waals surface area contributed by atoms with Crippen LogP contribution in [0.15, 0.2) is 84.0 Å². The molecule has 3 aliphatic rings. The molecule has 4 atom stereocenters. The fraction of sp³-hybridized carbons (Fsp3) is 0.179. The van der Waals surface area contributed by atoms with Crippen LogP contribution in [0.4, 0.5) is 11.4 Å². The molecular formula is C28H22N4O5. The predicted octanol–water partition coefficient (Wildman–Crippen LogP) is 2.99. The maximum Gasteiger partial charge on any atom is 0.339 e.